The minimum absolute atomic E-state index is 0.214. The van der Waals surface area contributed by atoms with Gasteiger partial charge in [-0.05, 0) is 59.5 Å². The van der Waals surface area contributed by atoms with Crippen LogP contribution in [0.4, 0.5) is 10.1 Å². The number of nitrogens with one attached hydrogen (secondary N) is 1. The van der Waals surface area contributed by atoms with Crippen LogP contribution < -0.4 is 5.32 Å². The molecule has 5 nitrogen and oxygen atoms in total. The fourth-order valence-corrected chi connectivity index (χ4v) is 4.29. The second-order valence-corrected chi connectivity index (χ2v) is 7.06. The summed E-state index contributed by atoms with van der Waals surface area (Å²) in [6, 6.07) is 7.57. The molecule has 0 saturated heterocycles. The zero-order valence-corrected chi connectivity index (χ0v) is 13.1. The molecule has 0 amide bonds. The van der Waals surface area contributed by atoms with E-state index in [2.05, 4.69) is 26.9 Å². The minimum atomic E-state index is -0.214. The van der Waals surface area contributed by atoms with Crippen molar-refractivity contribution in [3.63, 3.8) is 0 Å². The summed E-state index contributed by atoms with van der Waals surface area (Å²) in [5.74, 6) is 0.636. The maximum Gasteiger partial charge on any atom is 0.192 e. The smallest absolute Gasteiger partial charge is 0.192 e. The van der Waals surface area contributed by atoms with Crippen LogP contribution in [0.1, 0.15) is 24.4 Å². The molecule has 5 rings (SSSR count). The summed E-state index contributed by atoms with van der Waals surface area (Å²) in [5.41, 5.74) is 3.19. The van der Waals surface area contributed by atoms with Gasteiger partial charge in [-0.3, -0.25) is 0 Å². The van der Waals surface area contributed by atoms with E-state index in [0.717, 1.165) is 47.8 Å². The quantitative estimate of drug-likeness (QED) is 0.782. The van der Waals surface area contributed by atoms with Crippen LogP contribution in [0.5, 0.6) is 0 Å². The first-order valence-corrected chi connectivity index (χ1v) is 8.56. The predicted molar refractivity (Wildman–Crippen MR) is 87.0 cm³/mol. The number of hydrogen-bond acceptors (Lipinski definition) is 5. The maximum absolute atomic E-state index is 13.5. The first-order valence-electron chi connectivity index (χ1n) is 7.74. The lowest BCUT2D eigenvalue weighted by atomic mass is 10.1. The van der Waals surface area contributed by atoms with E-state index in [1.165, 1.54) is 16.5 Å². The number of thiophene rings is 1. The third kappa shape index (κ3) is 2.15. The van der Waals surface area contributed by atoms with Gasteiger partial charge in [0.05, 0.1) is 10.9 Å². The van der Waals surface area contributed by atoms with E-state index in [9.17, 15) is 4.39 Å². The van der Waals surface area contributed by atoms with Crippen LogP contribution >= 0.6 is 11.3 Å². The van der Waals surface area contributed by atoms with Crippen LogP contribution in [0.15, 0.2) is 24.3 Å². The molecule has 2 aromatic heterocycles. The molecule has 3 aromatic rings. The van der Waals surface area contributed by atoms with Crippen molar-refractivity contribution < 1.29 is 4.39 Å². The summed E-state index contributed by atoms with van der Waals surface area (Å²) in [5, 5.41) is 15.5. The zero-order valence-electron chi connectivity index (χ0n) is 12.3. The topological polar surface area (TPSA) is 55.6 Å². The molecule has 2 aliphatic rings. The van der Waals surface area contributed by atoms with Gasteiger partial charge < -0.3 is 5.32 Å². The van der Waals surface area contributed by atoms with Crippen molar-refractivity contribution in [2.24, 2.45) is 0 Å². The Morgan fingerprint density at radius 1 is 1.26 bits per heavy atom. The summed E-state index contributed by atoms with van der Waals surface area (Å²) in [4.78, 5) is 2.27. The summed E-state index contributed by atoms with van der Waals surface area (Å²) in [7, 11) is 0. The first-order chi connectivity index (χ1) is 11.3. The molecule has 0 radical (unpaired) electrons. The Morgan fingerprint density at radius 2 is 2.17 bits per heavy atom. The number of tetrazole rings is 1. The van der Waals surface area contributed by atoms with Gasteiger partial charge >= 0.3 is 0 Å². The Hall–Kier alpha value is -2.28. The average molecular weight is 327 g/mol. The Labute approximate surface area is 136 Å². The molecule has 7 heteroatoms. The number of aromatic nitrogens is 4. The summed E-state index contributed by atoms with van der Waals surface area (Å²) < 4.78 is 15.5. The molecule has 1 saturated carbocycles. The molecule has 0 atom stereocenters. The van der Waals surface area contributed by atoms with Gasteiger partial charge in [0.1, 0.15) is 5.82 Å². The monoisotopic (exact) mass is 327 g/mol. The van der Waals surface area contributed by atoms with Crippen molar-refractivity contribution in [1.82, 2.24) is 20.2 Å². The van der Waals surface area contributed by atoms with Crippen molar-refractivity contribution in [2.45, 2.75) is 25.3 Å². The lowest BCUT2D eigenvalue weighted by molar-refractivity contribution is 0.616. The van der Waals surface area contributed by atoms with Crippen LogP contribution in [0.25, 0.3) is 21.1 Å². The Morgan fingerprint density at radius 3 is 3.04 bits per heavy atom. The molecule has 0 unspecified atom stereocenters. The van der Waals surface area contributed by atoms with E-state index >= 15 is 0 Å². The van der Waals surface area contributed by atoms with Gasteiger partial charge in [0, 0.05) is 22.7 Å². The largest absolute Gasteiger partial charge is 0.384 e. The second kappa shape index (κ2) is 4.86. The molecule has 1 fully saturated rings. The lowest BCUT2D eigenvalue weighted by Crippen LogP contribution is -2.02. The summed E-state index contributed by atoms with van der Waals surface area (Å²) in [6.07, 6.45) is 3.21. The SMILES string of the molecule is Fc1ccc2c(c1)NCCc1cc(-c3nnnn3C3CC3)sc1-2. The molecular formula is C16H14FN5S. The van der Waals surface area contributed by atoms with E-state index in [1.807, 2.05) is 10.7 Å². The highest BCUT2D eigenvalue weighted by atomic mass is 32.1. The second-order valence-electron chi connectivity index (χ2n) is 6.01. The van der Waals surface area contributed by atoms with E-state index in [0.29, 0.717) is 6.04 Å². The maximum atomic E-state index is 13.5. The third-order valence-corrected chi connectivity index (χ3v) is 5.56. The fraction of sp³-hybridized carbons (Fsp3) is 0.312. The predicted octanol–water partition coefficient (Wildman–Crippen LogP) is 3.51. The third-order valence-electron chi connectivity index (χ3n) is 4.35. The lowest BCUT2D eigenvalue weighted by Gasteiger charge is -2.07. The van der Waals surface area contributed by atoms with Gasteiger partial charge in [-0.2, -0.15) is 0 Å². The molecule has 1 aliphatic carbocycles. The number of hydrogen-bond donors (Lipinski definition) is 1. The zero-order chi connectivity index (χ0) is 15.4. The van der Waals surface area contributed by atoms with Gasteiger partial charge in [-0.1, -0.05) is 0 Å². The molecular weight excluding hydrogens is 313 g/mol. The van der Waals surface area contributed by atoms with E-state index in [4.69, 9.17) is 0 Å². The van der Waals surface area contributed by atoms with Gasteiger partial charge in [-0.15, -0.1) is 16.4 Å². The van der Waals surface area contributed by atoms with Crippen molar-refractivity contribution in [2.75, 3.05) is 11.9 Å². The van der Waals surface area contributed by atoms with Crippen LogP contribution in [0, 0.1) is 5.82 Å². The van der Waals surface area contributed by atoms with E-state index < -0.39 is 0 Å². The van der Waals surface area contributed by atoms with Gasteiger partial charge in [0.15, 0.2) is 5.82 Å². The van der Waals surface area contributed by atoms with Crippen LogP contribution in [0.2, 0.25) is 0 Å². The Balaban J connectivity index is 1.65. The number of nitrogens with zero attached hydrogens (tertiary/aromatic N) is 4. The molecule has 23 heavy (non-hydrogen) atoms. The minimum Gasteiger partial charge on any atom is -0.384 e. The van der Waals surface area contributed by atoms with Crippen LogP contribution in [-0.4, -0.2) is 26.8 Å². The highest BCUT2D eigenvalue weighted by molar-refractivity contribution is 7.19. The molecule has 0 bridgehead atoms. The normalized spacial score (nSPS) is 16.4. The highest BCUT2D eigenvalue weighted by Crippen LogP contribution is 2.44. The number of anilines is 1. The van der Waals surface area contributed by atoms with Crippen molar-refractivity contribution in [3.8, 4) is 21.1 Å². The van der Waals surface area contributed by atoms with Gasteiger partial charge in [0.2, 0.25) is 0 Å². The van der Waals surface area contributed by atoms with Crippen LogP contribution in [-0.2, 0) is 6.42 Å². The molecule has 1 aliphatic heterocycles. The number of benzene rings is 1. The summed E-state index contributed by atoms with van der Waals surface area (Å²) >= 11 is 1.69. The average Bonchev–Trinajstić information content (AvgIpc) is 3.17. The van der Waals surface area contributed by atoms with E-state index in [1.54, 1.807) is 17.4 Å². The Kier molecular flexibility index (Phi) is 2.78. The highest BCUT2D eigenvalue weighted by Gasteiger charge is 2.29. The van der Waals surface area contributed by atoms with Crippen molar-refractivity contribution in [3.05, 3.63) is 35.6 Å². The van der Waals surface area contributed by atoms with Crippen molar-refractivity contribution in [1.29, 1.82) is 0 Å². The molecule has 1 aromatic carbocycles. The molecule has 0 spiro atoms. The van der Waals surface area contributed by atoms with Gasteiger partial charge in [0.25, 0.3) is 0 Å². The molecule has 116 valence electrons. The fourth-order valence-electron chi connectivity index (χ4n) is 3.07. The van der Waals surface area contributed by atoms with Crippen LogP contribution in [0.3, 0.4) is 0 Å². The standard InChI is InChI=1S/C16H14FN5S/c17-10-1-4-12-13(8-10)18-6-5-9-7-14(23-15(9)12)16-19-20-21-22(16)11-2-3-11/h1,4,7-8,11,18H,2-3,5-6H2. The molecule has 3 heterocycles. The molecule has 1 N–H and O–H groups in total. The van der Waals surface area contributed by atoms with Crippen molar-refractivity contribution >= 4 is 17.0 Å². The van der Waals surface area contributed by atoms with Gasteiger partial charge in [-0.25, -0.2) is 9.07 Å². The number of halogens is 1. The Bertz CT molecular complexity index is 896. The summed E-state index contributed by atoms with van der Waals surface area (Å²) in [6.45, 7) is 0.799. The van der Waals surface area contributed by atoms with E-state index in [-0.39, 0.29) is 5.82 Å². The number of fused-ring (bicyclic) bond motifs is 3. The number of rotatable bonds is 2. The first kappa shape index (κ1) is 13.2.